The van der Waals surface area contributed by atoms with Crippen molar-refractivity contribution in [2.24, 2.45) is 5.92 Å². The Bertz CT molecular complexity index is 457. The first-order valence-electron chi connectivity index (χ1n) is 5.91. The minimum absolute atomic E-state index is 0.0354. The maximum Gasteiger partial charge on any atom is 0.167 e. The van der Waals surface area contributed by atoms with Crippen molar-refractivity contribution in [3.63, 3.8) is 0 Å². The zero-order valence-corrected chi connectivity index (χ0v) is 11.6. The van der Waals surface area contributed by atoms with E-state index in [9.17, 15) is 4.79 Å². The van der Waals surface area contributed by atoms with Crippen molar-refractivity contribution in [2.75, 3.05) is 20.2 Å². The van der Waals surface area contributed by atoms with Gasteiger partial charge in [-0.3, -0.25) is 4.79 Å². The maximum atomic E-state index is 12.4. The van der Waals surface area contributed by atoms with Gasteiger partial charge in [0.05, 0.1) is 17.2 Å². The first-order chi connectivity index (χ1) is 8.63. The summed E-state index contributed by atoms with van der Waals surface area (Å²) in [4.78, 5) is 12.4. The Hall–Kier alpha value is -0.770. The van der Waals surface area contributed by atoms with Crippen LogP contribution in [-0.2, 0) is 0 Å². The van der Waals surface area contributed by atoms with Crippen LogP contribution < -0.4 is 10.1 Å². The number of methoxy groups -OCH3 is 1. The molecule has 1 aliphatic heterocycles. The van der Waals surface area contributed by atoms with Gasteiger partial charge in [0, 0.05) is 17.5 Å². The molecule has 3 nitrogen and oxygen atoms in total. The van der Waals surface area contributed by atoms with Gasteiger partial charge >= 0.3 is 0 Å². The highest BCUT2D eigenvalue weighted by molar-refractivity contribution is 6.36. The molecular weight excluding hydrogens is 273 g/mol. The maximum absolute atomic E-state index is 12.4. The summed E-state index contributed by atoms with van der Waals surface area (Å²) >= 11 is 12.2. The van der Waals surface area contributed by atoms with Gasteiger partial charge in [-0.2, -0.15) is 0 Å². The smallest absolute Gasteiger partial charge is 0.167 e. The lowest BCUT2D eigenvalue weighted by Crippen LogP contribution is -2.32. The molecule has 0 spiro atoms. The molecule has 0 bridgehead atoms. The second-order valence-corrected chi connectivity index (χ2v) is 5.17. The lowest BCUT2D eigenvalue weighted by molar-refractivity contribution is 0.0895. The van der Waals surface area contributed by atoms with Crippen LogP contribution in [0.1, 0.15) is 23.2 Å². The molecule has 98 valence electrons. The number of ether oxygens (including phenoxy) is 1. The predicted molar refractivity (Wildman–Crippen MR) is 72.9 cm³/mol. The Morgan fingerprint density at radius 3 is 2.56 bits per heavy atom. The summed E-state index contributed by atoms with van der Waals surface area (Å²) in [7, 11) is 1.52. The van der Waals surface area contributed by atoms with Crippen LogP contribution in [0.3, 0.4) is 0 Å². The third kappa shape index (κ3) is 2.79. The summed E-state index contributed by atoms with van der Waals surface area (Å²) in [6.07, 6.45) is 1.69. The minimum Gasteiger partial charge on any atom is -0.495 e. The average Bonchev–Trinajstić information content (AvgIpc) is 2.41. The standard InChI is InChI=1S/C13H15Cl2NO2/c1-18-12-7-10(14)9(6-11(12)15)13(17)8-2-4-16-5-3-8/h6-8,16H,2-5H2,1H3. The molecule has 18 heavy (non-hydrogen) atoms. The molecule has 2 rings (SSSR count). The van der Waals surface area contributed by atoms with Gasteiger partial charge in [0.15, 0.2) is 5.78 Å². The van der Waals surface area contributed by atoms with Crippen LogP contribution in [0.15, 0.2) is 12.1 Å². The molecule has 0 amide bonds. The van der Waals surface area contributed by atoms with E-state index in [4.69, 9.17) is 27.9 Å². The summed E-state index contributed by atoms with van der Waals surface area (Å²) in [6.45, 7) is 1.75. The summed E-state index contributed by atoms with van der Waals surface area (Å²) in [6, 6.07) is 3.20. The molecule has 0 atom stereocenters. The molecule has 0 aliphatic carbocycles. The normalized spacial score (nSPS) is 16.6. The molecule has 1 aromatic rings. The van der Waals surface area contributed by atoms with Gasteiger partial charge in [0.1, 0.15) is 5.75 Å². The largest absolute Gasteiger partial charge is 0.495 e. The van der Waals surface area contributed by atoms with E-state index in [1.165, 1.54) is 7.11 Å². The van der Waals surface area contributed by atoms with Gasteiger partial charge in [-0.15, -0.1) is 0 Å². The highest BCUT2D eigenvalue weighted by Crippen LogP contribution is 2.33. The third-order valence-electron chi connectivity index (χ3n) is 3.22. The zero-order chi connectivity index (χ0) is 13.1. The van der Waals surface area contributed by atoms with Gasteiger partial charge in [-0.1, -0.05) is 23.2 Å². The highest BCUT2D eigenvalue weighted by atomic mass is 35.5. The zero-order valence-electron chi connectivity index (χ0n) is 10.1. The van der Waals surface area contributed by atoms with Crippen molar-refractivity contribution < 1.29 is 9.53 Å². The second-order valence-electron chi connectivity index (χ2n) is 4.36. The predicted octanol–water partition coefficient (Wildman–Crippen LogP) is 3.18. The van der Waals surface area contributed by atoms with Crippen molar-refractivity contribution in [3.8, 4) is 5.75 Å². The lowest BCUT2D eigenvalue weighted by Gasteiger charge is -2.22. The number of halogens is 2. The van der Waals surface area contributed by atoms with Gasteiger partial charge in [0.2, 0.25) is 0 Å². The first kappa shape index (κ1) is 13.7. The average molecular weight is 288 g/mol. The Balaban J connectivity index is 2.27. The topological polar surface area (TPSA) is 38.3 Å². The Labute approximate surface area is 116 Å². The van der Waals surface area contributed by atoms with Crippen molar-refractivity contribution in [1.29, 1.82) is 0 Å². The molecule has 1 aromatic carbocycles. The van der Waals surface area contributed by atoms with Gasteiger partial charge in [-0.05, 0) is 32.0 Å². The van der Waals surface area contributed by atoms with E-state index in [0.29, 0.717) is 21.4 Å². The Kier molecular flexibility index (Phi) is 4.49. The van der Waals surface area contributed by atoms with E-state index >= 15 is 0 Å². The number of benzene rings is 1. The van der Waals surface area contributed by atoms with Crippen LogP contribution >= 0.6 is 23.2 Å². The Morgan fingerprint density at radius 2 is 1.94 bits per heavy atom. The molecule has 1 N–H and O–H groups in total. The Morgan fingerprint density at radius 1 is 1.28 bits per heavy atom. The lowest BCUT2D eigenvalue weighted by atomic mass is 9.89. The van der Waals surface area contributed by atoms with E-state index in [-0.39, 0.29) is 11.7 Å². The fourth-order valence-corrected chi connectivity index (χ4v) is 2.67. The van der Waals surface area contributed by atoms with Gasteiger partial charge in [0.25, 0.3) is 0 Å². The fraction of sp³-hybridized carbons (Fsp3) is 0.462. The molecule has 0 aromatic heterocycles. The summed E-state index contributed by atoms with van der Waals surface area (Å²) in [5, 5.41) is 4.05. The van der Waals surface area contributed by atoms with Gasteiger partial charge < -0.3 is 10.1 Å². The number of ketones is 1. The third-order valence-corrected chi connectivity index (χ3v) is 3.82. The van der Waals surface area contributed by atoms with Crippen LogP contribution in [0, 0.1) is 5.92 Å². The molecule has 1 aliphatic rings. The van der Waals surface area contributed by atoms with Crippen molar-refractivity contribution >= 4 is 29.0 Å². The molecule has 0 saturated carbocycles. The number of nitrogens with one attached hydrogen (secondary N) is 1. The number of piperidine rings is 1. The number of Topliss-reactive ketones (excluding diaryl/α,β-unsaturated/α-hetero) is 1. The summed E-state index contributed by atoms with van der Waals surface area (Å²) < 4.78 is 5.07. The molecule has 1 fully saturated rings. The number of rotatable bonds is 3. The fourth-order valence-electron chi connectivity index (χ4n) is 2.18. The van der Waals surface area contributed by atoms with Gasteiger partial charge in [-0.25, -0.2) is 0 Å². The number of hydrogen-bond acceptors (Lipinski definition) is 3. The highest BCUT2D eigenvalue weighted by Gasteiger charge is 2.24. The van der Waals surface area contributed by atoms with Crippen LogP contribution in [0.2, 0.25) is 10.0 Å². The quantitative estimate of drug-likeness (QED) is 0.868. The molecule has 0 unspecified atom stereocenters. The van der Waals surface area contributed by atoms with Crippen LogP contribution in [0.4, 0.5) is 0 Å². The second kappa shape index (κ2) is 5.91. The molecular formula is C13H15Cl2NO2. The SMILES string of the molecule is COc1cc(Cl)c(C(=O)C2CCNCC2)cc1Cl. The molecule has 0 radical (unpaired) electrons. The van der Waals surface area contributed by atoms with E-state index in [1.54, 1.807) is 12.1 Å². The van der Waals surface area contributed by atoms with Crippen molar-refractivity contribution in [2.45, 2.75) is 12.8 Å². The van der Waals surface area contributed by atoms with Crippen molar-refractivity contribution in [1.82, 2.24) is 5.32 Å². The van der Waals surface area contributed by atoms with Crippen LogP contribution in [-0.4, -0.2) is 26.0 Å². The molecule has 5 heteroatoms. The summed E-state index contributed by atoms with van der Waals surface area (Å²) in [5.74, 6) is 0.600. The van der Waals surface area contributed by atoms with E-state index in [0.717, 1.165) is 25.9 Å². The van der Waals surface area contributed by atoms with E-state index in [1.807, 2.05) is 0 Å². The number of carbonyl (C=O) groups is 1. The van der Waals surface area contributed by atoms with E-state index < -0.39 is 0 Å². The number of carbonyl (C=O) groups excluding carboxylic acids is 1. The van der Waals surface area contributed by atoms with Crippen LogP contribution in [0.25, 0.3) is 0 Å². The monoisotopic (exact) mass is 287 g/mol. The first-order valence-corrected chi connectivity index (χ1v) is 6.67. The summed E-state index contributed by atoms with van der Waals surface area (Å²) in [5.41, 5.74) is 0.495. The number of hydrogen-bond donors (Lipinski definition) is 1. The minimum atomic E-state index is 0.0354. The van der Waals surface area contributed by atoms with Crippen molar-refractivity contribution in [3.05, 3.63) is 27.7 Å². The van der Waals surface area contributed by atoms with Crippen LogP contribution in [0.5, 0.6) is 5.75 Å². The molecule has 1 heterocycles. The molecule has 1 saturated heterocycles. The van der Waals surface area contributed by atoms with E-state index in [2.05, 4.69) is 5.32 Å².